The summed E-state index contributed by atoms with van der Waals surface area (Å²) < 4.78 is 0. The van der Waals surface area contributed by atoms with Crippen molar-refractivity contribution >= 4 is 39.0 Å². The molecule has 0 heterocycles. The monoisotopic (exact) mass is 337 g/mol. The van der Waals surface area contributed by atoms with Gasteiger partial charge in [-0.3, -0.25) is 4.79 Å². The Morgan fingerprint density at radius 2 is 1.89 bits per heavy atom. The standard InChI is InChI=1S/C15H13BrClNO/c16-7-6-12-13(8-11(17)9-14(12)18)15(19)10-4-2-1-3-5-10/h1-5,8-9H,6-7,18H2. The summed E-state index contributed by atoms with van der Waals surface area (Å²) in [5, 5.41) is 1.23. The molecule has 19 heavy (non-hydrogen) atoms. The van der Waals surface area contributed by atoms with E-state index in [9.17, 15) is 4.79 Å². The van der Waals surface area contributed by atoms with E-state index in [-0.39, 0.29) is 5.78 Å². The molecule has 0 radical (unpaired) electrons. The minimum absolute atomic E-state index is 0.0502. The maximum atomic E-state index is 12.5. The van der Waals surface area contributed by atoms with E-state index in [0.717, 1.165) is 10.9 Å². The summed E-state index contributed by atoms with van der Waals surface area (Å²) in [5.41, 5.74) is 8.59. The first-order valence-corrected chi connectivity index (χ1v) is 7.37. The van der Waals surface area contributed by atoms with Gasteiger partial charge in [0.25, 0.3) is 0 Å². The molecule has 0 saturated heterocycles. The molecule has 2 rings (SSSR count). The molecule has 4 heteroatoms. The Morgan fingerprint density at radius 3 is 2.53 bits per heavy atom. The number of anilines is 1. The summed E-state index contributed by atoms with van der Waals surface area (Å²) in [6.07, 6.45) is 0.691. The van der Waals surface area contributed by atoms with E-state index in [0.29, 0.717) is 28.3 Å². The molecule has 0 aliphatic heterocycles. The van der Waals surface area contributed by atoms with Gasteiger partial charge < -0.3 is 5.73 Å². The van der Waals surface area contributed by atoms with E-state index < -0.39 is 0 Å². The second-order valence-electron chi connectivity index (χ2n) is 4.16. The summed E-state index contributed by atoms with van der Waals surface area (Å²) >= 11 is 9.39. The van der Waals surface area contributed by atoms with E-state index in [2.05, 4.69) is 15.9 Å². The lowest BCUT2D eigenvalue weighted by atomic mass is 9.96. The van der Waals surface area contributed by atoms with E-state index in [1.807, 2.05) is 18.2 Å². The van der Waals surface area contributed by atoms with Gasteiger partial charge in [0.15, 0.2) is 5.78 Å². The quantitative estimate of drug-likeness (QED) is 0.518. The second kappa shape index (κ2) is 6.22. The molecule has 0 aromatic heterocycles. The lowest BCUT2D eigenvalue weighted by molar-refractivity contribution is 0.103. The zero-order valence-corrected chi connectivity index (χ0v) is 12.5. The predicted octanol–water partition coefficient (Wildman–Crippen LogP) is 4.09. The van der Waals surface area contributed by atoms with Crippen LogP contribution < -0.4 is 5.73 Å². The summed E-state index contributed by atoms with van der Waals surface area (Å²) in [4.78, 5) is 12.5. The third-order valence-corrected chi connectivity index (χ3v) is 3.49. The van der Waals surface area contributed by atoms with E-state index >= 15 is 0 Å². The van der Waals surface area contributed by atoms with Crippen molar-refractivity contribution in [3.63, 3.8) is 0 Å². The van der Waals surface area contributed by atoms with Gasteiger partial charge in [0.05, 0.1) is 0 Å². The molecule has 98 valence electrons. The van der Waals surface area contributed by atoms with Gasteiger partial charge >= 0.3 is 0 Å². The molecular weight excluding hydrogens is 326 g/mol. The second-order valence-corrected chi connectivity index (χ2v) is 5.38. The highest BCUT2D eigenvalue weighted by atomic mass is 79.9. The van der Waals surface area contributed by atoms with Crippen molar-refractivity contribution in [2.45, 2.75) is 6.42 Å². The number of benzene rings is 2. The van der Waals surface area contributed by atoms with Crippen LogP contribution in [0.1, 0.15) is 21.5 Å². The van der Waals surface area contributed by atoms with Gasteiger partial charge in [0.2, 0.25) is 0 Å². The largest absolute Gasteiger partial charge is 0.398 e. The molecule has 0 fully saturated rings. The normalized spacial score (nSPS) is 10.4. The van der Waals surface area contributed by atoms with Gasteiger partial charge in [-0.25, -0.2) is 0 Å². The number of rotatable bonds is 4. The summed E-state index contributed by atoms with van der Waals surface area (Å²) in [5.74, 6) is -0.0502. The van der Waals surface area contributed by atoms with Gasteiger partial charge in [-0.15, -0.1) is 0 Å². The number of nitrogens with two attached hydrogens (primary N) is 1. The van der Waals surface area contributed by atoms with Crippen LogP contribution in [0.15, 0.2) is 42.5 Å². The van der Waals surface area contributed by atoms with E-state index in [1.165, 1.54) is 0 Å². The molecule has 0 amide bonds. The third kappa shape index (κ3) is 3.17. The number of nitrogen functional groups attached to an aromatic ring is 1. The molecule has 0 unspecified atom stereocenters. The third-order valence-electron chi connectivity index (χ3n) is 2.87. The molecule has 2 aromatic carbocycles. The maximum Gasteiger partial charge on any atom is 0.193 e. The van der Waals surface area contributed by atoms with Crippen molar-refractivity contribution < 1.29 is 4.79 Å². The highest BCUT2D eigenvalue weighted by Gasteiger charge is 2.16. The van der Waals surface area contributed by atoms with Crippen LogP contribution in [-0.4, -0.2) is 11.1 Å². The maximum absolute atomic E-state index is 12.5. The van der Waals surface area contributed by atoms with E-state index in [4.69, 9.17) is 17.3 Å². The molecule has 0 aliphatic rings. The lowest BCUT2D eigenvalue weighted by Crippen LogP contribution is -2.09. The molecule has 2 N–H and O–H groups in total. The first-order chi connectivity index (χ1) is 9.13. The van der Waals surface area contributed by atoms with Crippen LogP contribution >= 0.6 is 27.5 Å². The smallest absolute Gasteiger partial charge is 0.193 e. The molecule has 0 atom stereocenters. The van der Waals surface area contributed by atoms with Gasteiger partial charge in [-0.2, -0.15) is 0 Å². The predicted molar refractivity (Wildman–Crippen MR) is 83.2 cm³/mol. The van der Waals surface area contributed by atoms with Crippen molar-refractivity contribution in [2.24, 2.45) is 0 Å². The number of carbonyl (C=O) groups excluding carboxylic acids is 1. The Morgan fingerprint density at radius 1 is 1.21 bits per heavy atom. The van der Waals surface area contributed by atoms with Crippen LogP contribution in [0.25, 0.3) is 0 Å². The average molecular weight is 339 g/mol. The lowest BCUT2D eigenvalue weighted by Gasteiger charge is -2.11. The van der Waals surface area contributed by atoms with Gasteiger partial charge in [-0.1, -0.05) is 57.9 Å². The number of ketones is 1. The molecular formula is C15H13BrClNO. The van der Waals surface area contributed by atoms with Crippen molar-refractivity contribution in [2.75, 3.05) is 11.1 Å². The number of halogens is 2. The van der Waals surface area contributed by atoms with Crippen LogP contribution in [0, 0.1) is 0 Å². The highest BCUT2D eigenvalue weighted by molar-refractivity contribution is 9.09. The van der Waals surface area contributed by atoms with Gasteiger partial charge in [0, 0.05) is 27.2 Å². The fraction of sp³-hybridized carbons (Fsp3) is 0.133. The van der Waals surface area contributed by atoms with Crippen molar-refractivity contribution in [3.05, 3.63) is 64.2 Å². The minimum atomic E-state index is -0.0502. The SMILES string of the molecule is Nc1cc(Cl)cc(C(=O)c2ccccc2)c1CCBr. The van der Waals surface area contributed by atoms with Crippen LogP contribution in [0.2, 0.25) is 5.02 Å². The molecule has 0 aliphatic carbocycles. The molecule has 0 bridgehead atoms. The topological polar surface area (TPSA) is 43.1 Å². The van der Waals surface area contributed by atoms with Crippen LogP contribution in [0.4, 0.5) is 5.69 Å². The van der Waals surface area contributed by atoms with E-state index in [1.54, 1.807) is 24.3 Å². The van der Waals surface area contributed by atoms with Crippen molar-refractivity contribution in [1.29, 1.82) is 0 Å². The molecule has 2 aromatic rings. The van der Waals surface area contributed by atoms with Crippen LogP contribution in [0.3, 0.4) is 0 Å². The van der Waals surface area contributed by atoms with Crippen molar-refractivity contribution in [3.8, 4) is 0 Å². The Labute approximate surface area is 125 Å². The van der Waals surface area contributed by atoms with Gasteiger partial charge in [-0.05, 0) is 24.1 Å². The Kier molecular flexibility index (Phi) is 4.61. The number of alkyl halides is 1. The molecule has 0 saturated carbocycles. The minimum Gasteiger partial charge on any atom is -0.398 e. The van der Waals surface area contributed by atoms with Crippen LogP contribution in [0.5, 0.6) is 0 Å². The van der Waals surface area contributed by atoms with Gasteiger partial charge in [0.1, 0.15) is 0 Å². The Hall–Kier alpha value is -1.32. The fourth-order valence-corrected chi connectivity index (χ4v) is 2.60. The highest BCUT2D eigenvalue weighted by Crippen LogP contribution is 2.26. The summed E-state index contributed by atoms with van der Waals surface area (Å²) in [6.45, 7) is 0. The zero-order chi connectivity index (χ0) is 13.8. The average Bonchev–Trinajstić information content (AvgIpc) is 2.42. The number of hydrogen-bond acceptors (Lipinski definition) is 2. The summed E-state index contributed by atoms with van der Waals surface area (Å²) in [6, 6.07) is 12.5. The molecule has 2 nitrogen and oxygen atoms in total. The number of carbonyl (C=O) groups is 1. The first-order valence-electron chi connectivity index (χ1n) is 5.87. The Balaban J connectivity index is 2.52. The first kappa shape index (κ1) is 14.1. The molecule has 0 spiro atoms. The summed E-state index contributed by atoms with van der Waals surface area (Å²) in [7, 11) is 0. The van der Waals surface area contributed by atoms with Crippen molar-refractivity contribution in [1.82, 2.24) is 0 Å². The van der Waals surface area contributed by atoms with Crippen LogP contribution in [-0.2, 0) is 6.42 Å². The number of hydrogen-bond donors (Lipinski definition) is 1. The Bertz CT molecular complexity index is 599. The zero-order valence-electron chi connectivity index (χ0n) is 10.2. The fourth-order valence-electron chi connectivity index (χ4n) is 1.98.